The van der Waals surface area contributed by atoms with Crippen LogP contribution in [0.5, 0.6) is 0 Å². The van der Waals surface area contributed by atoms with Crippen LogP contribution in [0.1, 0.15) is 53.4 Å². The highest BCUT2D eigenvalue weighted by Crippen LogP contribution is 2.01. The lowest BCUT2D eigenvalue weighted by atomic mass is 10.1. The monoisotopic (exact) mass is 171 g/mol. The van der Waals surface area contributed by atoms with E-state index in [0.29, 0.717) is 6.04 Å². The minimum Gasteiger partial charge on any atom is -0.314 e. The fraction of sp³-hybridized carbons (Fsp3) is 1.00. The Balaban J connectivity index is 3.08. The van der Waals surface area contributed by atoms with E-state index in [1.54, 1.807) is 0 Å². The van der Waals surface area contributed by atoms with Crippen molar-refractivity contribution in [2.24, 2.45) is 5.92 Å². The first-order valence-electron chi connectivity index (χ1n) is 5.41. The van der Waals surface area contributed by atoms with Crippen molar-refractivity contribution in [3.05, 3.63) is 0 Å². The number of unbranched alkanes of at least 4 members (excludes halogenated alkanes) is 3. The molecule has 1 atom stereocenters. The summed E-state index contributed by atoms with van der Waals surface area (Å²) in [4.78, 5) is 0. The second kappa shape index (κ2) is 7.60. The highest BCUT2D eigenvalue weighted by atomic mass is 14.9. The molecule has 0 saturated carbocycles. The first kappa shape index (κ1) is 12.0. The second-order valence-electron chi connectivity index (χ2n) is 4.05. The van der Waals surface area contributed by atoms with E-state index in [4.69, 9.17) is 0 Å². The SMILES string of the molecule is CCCCCCN[C@@H](C)C(C)C. The number of hydrogen-bond acceptors (Lipinski definition) is 1. The summed E-state index contributed by atoms with van der Waals surface area (Å²) in [5, 5.41) is 3.54. The fourth-order valence-electron chi connectivity index (χ4n) is 1.12. The number of rotatable bonds is 7. The molecule has 0 bridgehead atoms. The van der Waals surface area contributed by atoms with Crippen molar-refractivity contribution in [1.82, 2.24) is 5.32 Å². The van der Waals surface area contributed by atoms with Gasteiger partial charge in [0.25, 0.3) is 0 Å². The summed E-state index contributed by atoms with van der Waals surface area (Å²) in [6.45, 7) is 10.3. The minimum atomic E-state index is 0.673. The lowest BCUT2D eigenvalue weighted by molar-refractivity contribution is 0.420. The zero-order chi connectivity index (χ0) is 9.40. The minimum absolute atomic E-state index is 0.673. The maximum Gasteiger partial charge on any atom is 0.00617 e. The molecule has 0 rings (SSSR count). The van der Waals surface area contributed by atoms with Gasteiger partial charge < -0.3 is 5.32 Å². The number of nitrogens with one attached hydrogen (secondary N) is 1. The maximum absolute atomic E-state index is 3.54. The van der Waals surface area contributed by atoms with Crippen LogP contribution >= 0.6 is 0 Å². The van der Waals surface area contributed by atoms with Crippen LogP contribution in [-0.4, -0.2) is 12.6 Å². The van der Waals surface area contributed by atoms with Gasteiger partial charge in [-0.15, -0.1) is 0 Å². The third-order valence-electron chi connectivity index (χ3n) is 2.50. The number of hydrogen-bond donors (Lipinski definition) is 1. The van der Waals surface area contributed by atoms with E-state index in [2.05, 4.69) is 33.0 Å². The molecule has 1 N–H and O–H groups in total. The zero-order valence-corrected chi connectivity index (χ0v) is 9.19. The van der Waals surface area contributed by atoms with E-state index in [0.717, 1.165) is 5.92 Å². The lowest BCUT2D eigenvalue weighted by Crippen LogP contribution is -2.31. The summed E-state index contributed by atoms with van der Waals surface area (Å²) >= 11 is 0. The third-order valence-corrected chi connectivity index (χ3v) is 2.50. The average molecular weight is 171 g/mol. The Morgan fingerprint density at radius 2 is 1.67 bits per heavy atom. The van der Waals surface area contributed by atoms with Gasteiger partial charge in [0.2, 0.25) is 0 Å². The second-order valence-corrected chi connectivity index (χ2v) is 4.05. The summed E-state index contributed by atoms with van der Waals surface area (Å²) in [5.41, 5.74) is 0. The van der Waals surface area contributed by atoms with Gasteiger partial charge in [0.1, 0.15) is 0 Å². The van der Waals surface area contributed by atoms with Gasteiger partial charge in [-0.25, -0.2) is 0 Å². The predicted octanol–water partition coefficient (Wildman–Crippen LogP) is 3.20. The molecule has 0 saturated heterocycles. The van der Waals surface area contributed by atoms with Crippen LogP contribution in [0.4, 0.5) is 0 Å². The molecular formula is C11H25N. The molecule has 0 aliphatic heterocycles. The topological polar surface area (TPSA) is 12.0 Å². The molecule has 0 aromatic heterocycles. The third kappa shape index (κ3) is 6.66. The van der Waals surface area contributed by atoms with Gasteiger partial charge in [-0.1, -0.05) is 40.0 Å². The van der Waals surface area contributed by atoms with Crippen LogP contribution in [-0.2, 0) is 0 Å². The van der Waals surface area contributed by atoms with Gasteiger partial charge in [-0.3, -0.25) is 0 Å². The highest BCUT2D eigenvalue weighted by Gasteiger charge is 2.03. The van der Waals surface area contributed by atoms with Crippen LogP contribution in [0.25, 0.3) is 0 Å². The van der Waals surface area contributed by atoms with Crippen LogP contribution < -0.4 is 5.32 Å². The quantitative estimate of drug-likeness (QED) is 0.580. The molecule has 0 unspecified atom stereocenters. The van der Waals surface area contributed by atoms with Gasteiger partial charge >= 0.3 is 0 Å². The Kier molecular flexibility index (Phi) is 7.58. The van der Waals surface area contributed by atoms with E-state index in [1.165, 1.54) is 32.2 Å². The molecule has 0 aliphatic carbocycles. The first-order chi connectivity index (χ1) is 5.68. The zero-order valence-electron chi connectivity index (χ0n) is 9.19. The molecule has 1 heteroatoms. The van der Waals surface area contributed by atoms with Crippen molar-refractivity contribution in [1.29, 1.82) is 0 Å². The summed E-state index contributed by atoms with van der Waals surface area (Å²) in [6.07, 6.45) is 5.44. The van der Waals surface area contributed by atoms with E-state index >= 15 is 0 Å². The van der Waals surface area contributed by atoms with Crippen LogP contribution in [0.2, 0.25) is 0 Å². The lowest BCUT2D eigenvalue weighted by Gasteiger charge is -2.17. The van der Waals surface area contributed by atoms with Crippen molar-refractivity contribution in [2.45, 2.75) is 59.4 Å². The first-order valence-corrected chi connectivity index (χ1v) is 5.41. The van der Waals surface area contributed by atoms with E-state index < -0.39 is 0 Å². The van der Waals surface area contributed by atoms with Gasteiger partial charge in [0, 0.05) is 6.04 Å². The van der Waals surface area contributed by atoms with Crippen molar-refractivity contribution in [2.75, 3.05) is 6.54 Å². The summed E-state index contributed by atoms with van der Waals surface area (Å²) in [5.74, 6) is 0.760. The van der Waals surface area contributed by atoms with Crippen LogP contribution in [0.15, 0.2) is 0 Å². The Bertz CT molecular complexity index is 89.0. The van der Waals surface area contributed by atoms with E-state index in [-0.39, 0.29) is 0 Å². The largest absolute Gasteiger partial charge is 0.314 e. The fourth-order valence-corrected chi connectivity index (χ4v) is 1.12. The molecular weight excluding hydrogens is 146 g/mol. The van der Waals surface area contributed by atoms with E-state index in [9.17, 15) is 0 Å². The Morgan fingerprint density at radius 1 is 1.00 bits per heavy atom. The van der Waals surface area contributed by atoms with Crippen molar-refractivity contribution in [3.8, 4) is 0 Å². The Labute approximate surface area is 77.9 Å². The van der Waals surface area contributed by atoms with Crippen LogP contribution in [0, 0.1) is 5.92 Å². The smallest absolute Gasteiger partial charge is 0.00617 e. The van der Waals surface area contributed by atoms with Gasteiger partial charge in [-0.05, 0) is 25.8 Å². The molecule has 0 aromatic rings. The average Bonchev–Trinajstić information content (AvgIpc) is 2.03. The highest BCUT2D eigenvalue weighted by molar-refractivity contribution is 4.63. The molecule has 0 aromatic carbocycles. The van der Waals surface area contributed by atoms with Crippen molar-refractivity contribution >= 4 is 0 Å². The Hall–Kier alpha value is -0.0400. The molecule has 0 radical (unpaired) electrons. The normalized spacial score (nSPS) is 13.8. The van der Waals surface area contributed by atoms with Crippen molar-refractivity contribution < 1.29 is 0 Å². The standard InChI is InChI=1S/C11H25N/c1-5-6-7-8-9-12-11(4)10(2)3/h10-12H,5-9H2,1-4H3/t11-/m0/s1. The molecule has 0 heterocycles. The maximum atomic E-state index is 3.54. The Morgan fingerprint density at radius 3 is 2.17 bits per heavy atom. The van der Waals surface area contributed by atoms with Gasteiger partial charge in [0.15, 0.2) is 0 Å². The molecule has 12 heavy (non-hydrogen) atoms. The molecule has 74 valence electrons. The molecule has 1 nitrogen and oxygen atoms in total. The van der Waals surface area contributed by atoms with E-state index in [1.807, 2.05) is 0 Å². The van der Waals surface area contributed by atoms with Gasteiger partial charge in [-0.2, -0.15) is 0 Å². The molecule has 0 amide bonds. The molecule has 0 aliphatic rings. The van der Waals surface area contributed by atoms with Crippen LogP contribution in [0.3, 0.4) is 0 Å². The summed E-state index contributed by atoms with van der Waals surface area (Å²) < 4.78 is 0. The summed E-state index contributed by atoms with van der Waals surface area (Å²) in [6, 6.07) is 0.673. The van der Waals surface area contributed by atoms with Crippen molar-refractivity contribution in [3.63, 3.8) is 0 Å². The predicted molar refractivity (Wildman–Crippen MR) is 56.4 cm³/mol. The van der Waals surface area contributed by atoms with Gasteiger partial charge in [0.05, 0.1) is 0 Å². The summed E-state index contributed by atoms with van der Waals surface area (Å²) in [7, 11) is 0. The molecule has 0 fully saturated rings. The molecule has 0 spiro atoms.